The van der Waals surface area contributed by atoms with Crippen molar-refractivity contribution in [3.05, 3.63) is 0 Å². The van der Waals surface area contributed by atoms with E-state index in [2.05, 4.69) is 0 Å². The van der Waals surface area contributed by atoms with Gasteiger partial charge in [0.15, 0.2) is 0 Å². The number of halogens is 2. The first kappa shape index (κ1) is 13.5. The molecule has 2 nitrogen and oxygen atoms in total. The summed E-state index contributed by atoms with van der Waals surface area (Å²) in [4.78, 5) is 11.2. The van der Waals surface area contributed by atoms with Crippen molar-refractivity contribution in [2.24, 2.45) is 11.8 Å². The zero-order chi connectivity index (χ0) is 11.4. The highest BCUT2D eigenvalue weighted by atomic mass is 28.4. The highest BCUT2D eigenvalue weighted by Gasteiger charge is 2.33. The van der Waals surface area contributed by atoms with Crippen LogP contribution >= 0.6 is 0 Å². The molecule has 0 aliphatic carbocycles. The van der Waals surface area contributed by atoms with Crippen LogP contribution in [-0.2, 0) is 9.53 Å². The molecule has 0 heterocycles. The van der Waals surface area contributed by atoms with Crippen LogP contribution in [0.3, 0.4) is 0 Å². The van der Waals surface area contributed by atoms with E-state index in [1.165, 1.54) is 6.92 Å². The van der Waals surface area contributed by atoms with Gasteiger partial charge in [-0.25, -0.2) is 0 Å². The van der Waals surface area contributed by atoms with Gasteiger partial charge in [0.1, 0.15) is 0 Å². The van der Waals surface area contributed by atoms with Crippen LogP contribution in [0, 0.1) is 11.8 Å². The van der Waals surface area contributed by atoms with E-state index in [4.69, 9.17) is 4.74 Å². The second kappa shape index (κ2) is 5.43. The molecule has 0 radical (unpaired) electrons. The molecule has 84 valence electrons. The molecular formula is C9H18F2O2Si. The van der Waals surface area contributed by atoms with Gasteiger partial charge in [0.25, 0.3) is 0 Å². The van der Waals surface area contributed by atoms with E-state index in [-0.39, 0.29) is 12.0 Å². The van der Waals surface area contributed by atoms with Crippen molar-refractivity contribution in [2.45, 2.75) is 33.4 Å². The number of esters is 1. The van der Waals surface area contributed by atoms with Crippen LogP contribution in [0.1, 0.15) is 20.8 Å². The summed E-state index contributed by atoms with van der Waals surface area (Å²) in [6.07, 6.45) is 0. The van der Waals surface area contributed by atoms with E-state index < -0.39 is 20.6 Å². The van der Waals surface area contributed by atoms with Gasteiger partial charge in [0, 0.05) is 6.04 Å². The number of carbonyl (C=O) groups is 1. The molecule has 1 atom stereocenters. The van der Waals surface area contributed by atoms with Crippen molar-refractivity contribution >= 4 is 14.7 Å². The maximum Gasteiger partial charge on any atom is 0.422 e. The Hall–Kier alpha value is -0.453. The van der Waals surface area contributed by atoms with Gasteiger partial charge in [-0.05, 0) is 12.5 Å². The van der Waals surface area contributed by atoms with Crippen LogP contribution < -0.4 is 0 Å². The third kappa shape index (κ3) is 7.00. The van der Waals surface area contributed by atoms with E-state index in [1.54, 1.807) is 0 Å². The van der Waals surface area contributed by atoms with Crippen LogP contribution in [-0.4, -0.2) is 21.3 Å². The van der Waals surface area contributed by atoms with E-state index in [9.17, 15) is 13.0 Å². The maximum absolute atomic E-state index is 12.7. The molecule has 14 heavy (non-hydrogen) atoms. The first-order chi connectivity index (χ1) is 6.22. The average Bonchev–Trinajstić information content (AvgIpc) is 1.96. The van der Waals surface area contributed by atoms with Crippen LogP contribution in [0.5, 0.6) is 0 Å². The van der Waals surface area contributed by atoms with E-state index in [0.717, 1.165) is 6.55 Å². The molecule has 0 N–H and O–H groups in total. The quantitative estimate of drug-likeness (QED) is 0.408. The van der Waals surface area contributed by atoms with E-state index in [1.807, 2.05) is 13.8 Å². The number of carbonyl (C=O) groups excluding carboxylic acids is 1. The molecule has 1 unspecified atom stereocenters. The van der Waals surface area contributed by atoms with Gasteiger partial charge in [0.2, 0.25) is 0 Å². The Morgan fingerprint density at radius 1 is 1.36 bits per heavy atom. The Morgan fingerprint density at radius 2 is 1.86 bits per heavy atom. The zero-order valence-corrected chi connectivity index (χ0v) is 10.1. The fourth-order valence-corrected chi connectivity index (χ4v) is 2.25. The molecule has 0 aliphatic heterocycles. The minimum atomic E-state index is -4.14. The molecule has 0 aromatic rings. The highest BCUT2D eigenvalue weighted by molar-refractivity contribution is 6.64. The molecule has 0 aromatic heterocycles. The largest absolute Gasteiger partial charge is 0.465 e. The summed E-state index contributed by atoms with van der Waals surface area (Å²) in [7, 11) is -4.14. The number of hydrogen-bond donors (Lipinski definition) is 0. The van der Waals surface area contributed by atoms with Crippen molar-refractivity contribution in [3.8, 4) is 0 Å². The second-order valence-corrected chi connectivity index (χ2v) is 6.75. The number of hydrogen-bond acceptors (Lipinski definition) is 2. The molecule has 0 amide bonds. The molecule has 0 aromatic carbocycles. The zero-order valence-electron chi connectivity index (χ0n) is 9.14. The fourth-order valence-electron chi connectivity index (χ4n) is 1.01. The van der Waals surface area contributed by atoms with Crippen LogP contribution in [0.25, 0.3) is 0 Å². The van der Waals surface area contributed by atoms with Crippen LogP contribution in [0.2, 0.25) is 12.6 Å². The lowest BCUT2D eigenvalue weighted by Crippen LogP contribution is -2.26. The topological polar surface area (TPSA) is 26.3 Å². The summed E-state index contributed by atoms with van der Waals surface area (Å²) in [6.45, 7) is 6.55. The van der Waals surface area contributed by atoms with Gasteiger partial charge in [-0.15, -0.1) is 0 Å². The lowest BCUT2D eigenvalue weighted by molar-refractivity contribution is -0.148. The smallest absolute Gasteiger partial charge is 0.422 e. The van der Waals surface area contributed by atoms with Crippen molar-refractivity contribution < 1.29 is 17.7 Å². The molecular weight excluding hydrogens is 206 g/mol. The van der Waals surface area contributed by atoms with Gasteiger partial charge < -0.3 is 4.74 Å². The van der Waals surface area contributed by atoms with Crippen LogP contribution in [0.4, 0.5) is 8.22 Å². The van der Waals surface area contributed by atoms with Crippen molar-refractivity contribution in [2.75, 3.05) is 6.61 Å². The fraction of sp³-hybridized carbons (Fsp3) is 0.889. The van der Waals surface area contributed by atoms with Crippen molar-refractivity contribution in [1.29, 1.82) is 0 Å². The normalized spacial score (nSPS) is 14.2. The van der Waals surface area contributed by atoms with Gasteiger partial charge in [0.05, 0.1) is 12.5 Å². The SMILES string of the molecule is CC(C)COC(=O)C(C)C[Si](C)(F)F. The third-order valence-corrected chi connectivity index (χ3v) is 2.96. The minimum Gasteiger partial charge on any atom is -0.465 e. The molecule has 0 saturated heterocycles. The van der Waals surface area contributed by atoms with Gasteiger partial charge >= 0.3 is 14.7 Å². The summed E-state index contributed by atoms with van der Waals surface area (Å²) >= 11 is 0. The minimum absolute atomic E-state index is 0.241. The average molecular weight is 224 g/mol. The van der Waals surface area contributed by atoms with Crippen molar-refractivity contribution in [1.82, 2.24) is 0 Å². The van der Waals surface area contributed by atoms with E-state index >= 15 is 0 Å². The molecule has 0 spiro atoms. The summed E-state index contributed by atoms with van der Waals surface area (Å²) in [6, 6.07) is -0.316. The predicted octanol–water partition coefficient (Wildman–Crippen LogP) is 2.83. The Balaban J connectivity index is 3.88. The number of ether oxygens (including phenoxy) is 1. The van der Waals surface area contributed by atoms with Gasteiger partial charge in [-0.1, -0.05) is 20.8 Å². The standard InChI is InChI=1S/C9H18F2O2Si/c1-7(2)5-13-9(12)8(3)6-14(4,10)11/h7-8H,5-6H2,1-4H3. The molecule has 0 bridgehead atoms. The maximum atomic E-state index is 12.7. The second-order valence-electron chi connectivity index (χ2n) is 4.20. The van der Waals surface area contributed by atoms with E-state index in [0.29, 0.717) is 6.61 Å². The highest BCUT2D eigenvalue weighted by Crippen LogP contribution is 2.20. The third-order valence-electron chi connectivity index (χ3n) is 1.63. The predicted molar refractivity (Wildman–Crippen MR) is 53.6 cm³/mol. The molecule has 0 saturated carbocycles. The molecule has 0 fully saturated rings. The number of rotatable bonds is 5. The Labute approximate surface area is 85.0 Å². The Morgan fingerprint density at radius 3 is 2.21 bits per heavy atom. The molecule has 5 heteroatoms. The Kier molecular flexibility index (Phi) is 5.26. The Bertz CT molecular complexity index is 190. The van der Waals surface area contributed by atoms with Gasteiger partial charge in [-0.3, -0.25) is 13.0 Å². The monoisotopic (exact) mass is 224 g/mol. The summed E-state index contributed by atoms with van der Waals surface area (Å²) in [5.41, 5.74) is 0. The molecule has 0 aliphatic rings. The van der Waals surface area contributed by atoms with Crippen molar-refractivity contribution in [3.63, 3.8) is 0 Å². The lowest BCUT2D eigenvalue weighted by atomic mass is 10.2. The summed E-state index contributed by atoms with van der Waals surface area (Å²) in [5, 5.41) is 0. The first-order valence-corrected chi connectivity index (χ1v) is 7.23. The van der Waals surface area contributed by atoms with Crippen LogP contribution in [0.15, 0.2) is 0 Å². The summed E-state index contributed by atoms with van der Waals surface area (Å²) < 4.78 is 30.2. The summed E-state index contributed by atoms with van der Waals surface area (Å²) in [5.74, 6) is -0.946. The first-order valence-electron chi connectivity index (χ1n) is 4.77. The van der Waals surface area contributed by atoms with Gasteiger partial charge in [-0.2, -0.15) is 0 Å². The molecule has 0 rings (SSSR count). The lowest BCUT2D eigenvalue weighted by Gasteiger charge is -2.14.